The van der Waals surface area contributed by atoms with Crippen LogP contribution in [0.15, 0.2) is 12.7 Å². The Morgan fingerprint density at radius 1 is 1.50 bits per heavy atom. The van der Waals surface area contributed by atoms with E-state index in [0.29, 0.717) is 18.5 Å². The highest BCUT2D eigenvalue weighted by Gasteiger charge is 2.21. The van der Waals surface area contributed by atoms with Crippen molar-refractivity contribution in [3.63, 3.8) is 0 Å². The zero-order chi connectivity index (χ0) is 12.0. The second-order valence-electron chi connectivity index (χ2n) is 4.92. The van der Waals surface area contributed by atoms with Gasteiger partial charge in [-0.15, -0.1) is 6.58 Å². The lowest BCUT2D eigenvalue weighted by Crippen LogP contribution is -2.41. The van der Waals surface area contributed by atoms with Crippen LogP contribution in [-0.2, 0) is 4.79 Å². The van der Waals surface area contributed by atoms with Gasteiger partial charge in [-0.3, -0.25) is 4.79 Å². The van der Waals surface area contributed by atoms with E-state index in [2.05, 4.69) is 31.1 Å². The highest BCUT2D eigenvalue weighted by Crippen LogP contribution is 2.27. The van der Waals surface area contributed by atoms with E-state index in [0.717, 1.165) is 18.9 Å². The van der Waals surface area contributed by atoms with Crippen molar-refractivity contribution in [2.75, 3.05) is 13.1 Å². The average Bonchev–Trinajstić information content (AvgIpc) is 3.07. The maximum Gasteiger partial charge on any atom is 0.233 e. The highest BCUT2D eigenvalue weighted by molar-refractivity contribution is 5.78. The summed E-state index contributed by atoms with van der Waals surface area (Å²) in [4.78, 5) is 11.5. The molecule has 16 heavy (non-hydrogen) atoms. The predicted octanol–water partition coefficient (Wildman–Crippen LogP) is 1.70. The smallest absolute Gasteiger partial charge is 0.233 e. The number of rotatable bonds is 8. The minimum Gasteiger partial charge on any atom is -0.355 e. The summed E-state index contributed by atoms with van der Waals surface area (Å²) >= 11 is 0. The van der Waals surface area contributed by atoms with Gasteiger partial charge in [-0.05, 0) is 38.0 Å². The minimum absolute atomic E-state index is 0.115. The van der Waals surface area contributed by atoms with Gasteiger partial charge in [-0.2, -0.15) is 0 Å². The van der Waals surface area contributed by atoms with Crippen molar-refractivity contribution in [2.45, 2.75) is 39.2 Å². The van der Waals surface area contributed by atoms with Crippen LogP contribution >= 0.6 is 0 Å². The average molecular weight is 224 g/mol. The standard InChI is InChI=1S/C13H24N2O/c1-4-5-10(2)11(3)14-9-13(16)15-8-12-6-7-12/h4,10-12,14H,1,5-9H2,2-3H3,(H,15,16). The monoisotopic (exact) mass is 224 g/mol. The largest absolute Gasteiger partial charge is 0.355 e. The maximum absolute atomic E-state index is 11.5. The highest BCUT2D eigenvalue weighted by atomic mass is 16.1. The number of carbonyl (C=O) groups excluding carboxylic acids is 1. The Kier molecular flexibility index (Phi) is 5.53. The van der Waals surface area contributed by atoms with Crippen molar-refractivity contribution in [3.8, 4) is 0 Å². The summed E-state index contributed by atoms with van der Waals surface area (Å²) in [6, 6.07) is 0.352. The molecule has 1 saturated carbocycles. The molecule has 0 saturated heterocycles. The zero-order valence-corrected chi connectivity index (χ0v) is 10.5. The summed E-state index contributed by atoms with van der Waals surface area (Å²) in [5.41, 5.74) is 0. The lowest BCUT2D eigenvalue weighted by molar-refractivity contribution is -0.120. The fourth-order valence-electron chi connectivity index (χ4n) is 1.56. The van der Waals surface area contributed by atoms with Crippen LogP contribution in [0.4, 0.5) is 0 Å². The third-order valence-electron chi connectivity index (χ3n) is 3.26. The van der Waals surface area contributed by atoms with Gasteiger partial charge >= 0.3 is 0 Å². The molecule has 2 unspecified atom stereocenters. The molecule has 2 atom stereocenters. The molecular weight excluding hydrogens is 200 g/mol. The fraction of sp³-hybridized carbons (Fsp3) is 0.769. The topological polar surface area (TPSA) is 41.1 Å². The first-order chi connectivity index (χ1) is 7.63. The van der Waals surface area contributed by atoms with Crippen LogP contribution < -0.4 is 10.6 Å². The van der Waals surface area contributed by atoms with Gasteiger partial charge < -0.3 is 10.6 Å². The molecule has 0 heterocycles. The maximum atomic E-state index is 11.5. The van der Waals surface area contributed by atoms with Crippen molar-refractivity contribution in [1.29, 1.82) is 0 Å². The molecule has 0 radical (unpaired) electrons. The number of amides is 1. The van der Waals surface area contributed by atoms with Crippen LogP contribution in [0.3, 0.4) is 0 Å². The lowest BCUT2D eigenvalue weighted by atomic mass is 10.00. The summed E-state index contributed by atoms with van der Waals surface area (Å²) in [7, 11) is 0. The molecule has 1 aliphatic carbocycles. The van der Waals surface area contributed by atoms with E-state index < -0.39 is 0 Å². The van der Waals surface area contributed by atoms with E-state index in [1.807, 2.05) is 6.08 Å². The lowest BCUT2D eigenvalue weighted by Gasteiger charge is -2.19. The first-order valence-corrected chi connectivity index (χ1v) is 6.24. The predicted molar refractivity (Wildman–Crippen MR) is 67.2 cm³/mol. The van der Waals surface area contributed by atoms with Crippen molar-refractivity contribution in [3.05, 3.63) is 12.7 Å². The van der Waals surface area contributed by atoms with Crippen LogP contribution in [0.1, 0.15) is 33.1 Å². The van der Waals surface area contributed by atoms with Crippen LogP contribution in [-0.4, -0.2) is 25.0 Å². The number of hydrogen-bond acceptors (Lipinski definition) is 2. The second-order valence-corrected chi connectivity index (χ2v) is 4.92. The Morgan fingerprint density at radius 2 is 2.19 bits per heavy atom. The SMILES string of the molecule is C=CCC(C)C(C)NCC(=O)NCC1CC1. The van der Waals surface area contributed by atoms with E-state index >= 15 is 0 Å². The number of nitrogens with one attached hydrogen (secondary N) is 2. The summed E-state index contributed by atoms with van der Waals surface area (Å²) in [5, 5.41) is 6.20. The quantitative estimate of drug-likeness (QED) is 0.616. The van der Waals surface area contributed by atoms with E-state index in [9.17, 15) is 4.79 Å². The van der Waals surface area contributed by atoms with Crippen LogP contribution in [0, 0.1) is 11.8 Å². The van der Waals surface area contributed by atoms with Gasteiger partial charge in [0.25, 0.3) is 0 Å². The van der Waals surface area contributed by atoms with Gasteiger partial charge in [-0.25, -0.2) is 0 Å². The van der Waals surface area contributed by atoms with Gasteiger partial charge in [0.1, 0.15) is 0 Å². The van der Waals surface area contributed by atoms with Gasteiger partial charge in [0, 0.05) is 12.6 Å². The number of carbonyl (C=O) groups is 1. The molecule has 0 aliphatic heterocycles. The molecule has 0 aromatic heterocycles. The summed E-state index contributed by atoms with van der Waals surface area (Å²) in [6.07, 6.45) is 5.47. The van der Waals surface area contributed by atoms with Crippen LogP contribution in [0.25, 0.3) is 0 Å². The molecular formula is C13H24N2O. The molecule has 1 amide bonds. The summed E-state index contributed by atoms with van der Waals surface area (Å²) in [6.45, 7) is 9.29. The van der Waals surface area contributed by atoms with Gasteiger partial charge in [-0.1, -0.05) is 13.0 Å². The molecule has 1 fully saturated rings. The Bertz CT molecular complexity index is 236. The van der Waals surface area contributed by atoms with E-state index in [4.69, 9.17) is 0 Å². The Morgan fingerprint density at radius 3 is 2.75 bits per heavy atom. The second kappa shape index (κ2) is 6.69. The molecule has 3 nitrogen and oxygen atoms in total. The molecule has 0 bridgehead atoms. The van der Waals surface area contributed by atoms with Crippen molar-refractivity contribution in [1.82, 2.24) is 10.6 Å². The third kappa shape index (κ3) is 5.31. The van der Waals surface area contributed by atoms with E-state index in [1.165, 1.54) is 12.8 Å². The van der Waals surface area contributed by atoms with Gasteiger partial charge in [0.05, 0.1) is 6.54 Å². The van der Waals surface area contributed by atoms with Crippen LogP contribution in [0.5, 0.6) is 0 Å². The normalized spacial score (nSPS) is 18.9. The molecule has 2 N–H and O–H groups in total. The molecule has 3 heteroatoms. The van der Waals surface area contributed by atoms with Gasteiger partial charge in [0.2, 0.25) is 5.91 Å². The summed E-state index contributed by atoms with van der Waals surface area (Å²) < 4.78 is 0. The first kappa shape index (κ1) is 13.2. The molecule has 1 aliphatic rings. The van der Waals surface area contributed by atoms with E-state index in [1.54, 1.807) is 0 Å². The van der Waals surface area contributed by atoms with Crippen molar-refractivity contribution >= 4 is 5.91 Å². The molecule has 92 valence electrons. The molecule has 1 rings (SSSR count). The number of allylic oxidation sites excluding steroid dienone is 1. The number of hydrogen-bond donors (Lipinski definition) is 2. The Balaban J connectivity index is 2.06. The van der Waals surface area contributed by atoms with Crippen molar-refractivity contribution < 1.29 is 4.79 Å². The summed E-state index contributed by atoms with van der Waals surface area (Å²) in [5.74, 6) is 1.39. The molecule has 0 aromatic carbocycles. The zero-order valence-electron chi connectivity index (χ0n) is 10.5. The first-order valence-electron chi connectivity index (χ1n) is 6.24. The Labute approximate surface area is 98.7 Å². The van der Waals surface area contributed by atoms with Gasteiger partial charge in [0.15, 0.2) is 0 Å². The van der Waals surface area contributed by atoms with Crippen LogP contribution in [0.2, 0.25) is 0 Å². The van der Waals surface area contributed by atoms with Crippen molar-refractivity contribution in [2.24, 2.45) is 11.8 Å². The molecule has 0 aromatic rings. The molecule has 0 spiro atoms. The van der Waals surface area contributed by atoms with E-state index in [-0.39, 0.29) is 5.91 Å². The Hall–Kier alpha value is -0.830. The minimum atomic E-state index is 0.115. The third-order valence-corrected chi connectivity index (χ3v) is 3.26. The fourth-order valence-corrected chi connectivity index (χ4v) is 1.56.